The van der Waals surface area contributed by atoms with E-state index in [0.717, 1.165) is 11.4 Å². The monoisotopic (exact) mass is 180 g/mol. The van der Waals surface area contributed by atoms with Crippen LogP contribution in [0.1, 0.15) is 13.8 Å². The second-order valence-corrected chi connectivity index (χ2v) is 3.14. The standard InChI is InChI=1S/C10H16N2O/c1-7(2)13-10-8(11)5-4-6-9(10)12-3/h4-7,12H,11H2,1-3H3. The number of nitrogens with one attached hydrogen (secondary N) is 1. The number of nitrogens with two attached hydrogens (primary N) is 1. The molecule has 1 aromatic carbocycles. The molecular weight excluding hydrogens is 164 g/mol. The van der Waals surface area contributed by atoms with Crippen molar-refractivity contribution in [2.45, 2.75) is 20.0 Å². The summed E-state index contributed by atoms with van der Waals surface area (Å²) in [6, 6.07) is 5.67. The van der Waals surface area contributed by atoms with Crippen molar-refractivity contribution in [1.82, 2.24) is 0 Å². The zero-order valence-electron chi connectivity index (χ0n) is 8.29. The molecule has 0 aromatic heterocycles. The molecule has 0 aliphatic rings. The van der Waals surface area contributed by atoms with E-state index in [-0.39, 0.29) is 6.10 Å². The van der Waals surface area contributed by atoms with Gasteiger partial charge in [0.05, 0.1) is 17.5 Å². The largest absolute Gasteiger partial charge is 0.487 e. The van der Waals surface area contributed by atoms with Gasteiger partial charge in [-0.2, -0.15) is 0 Å². The Morgan fingerprint density at radius 2 is 2.08 bits per heavy atom. The minimum absolute atomic E-state index is 0.136. The molecule has 0 heterocycles. The molecule has 0 aliphatic heterocycles. The van der Waals surface area contributed by atoms with Gasteiger partial charge in [0.1, 0.15) is 0 Å². The Balaban J connectivity index is 3.00. The molecule has 1 rings (SSSR count). The van der Waals surface area contributed by atoms with Gasteiger partial charge in [-0.15, -0.1) is 0 Å². The summed E-state index contributed by atoms with van der Waals surface area (Å²) in [5, 5.41) is 3.04. The molecule has 3 nitrogen and oxygen atoms in total. The van der Waals surface area contributed by atoms with E-state index >= 15 is 0 Å². The van der Waals surface area contributed by atoms with Crippen LogP contribution >= 0.6 is 0 Å². The Kier molecular flexibility index (Phi) is 3.01. The van der Waals surface area contributed by atoms with Crippen LogP contribution in [0.2, 0.25) is 0 Å². The maximum atomic E-state index is 5.78. The van der Waals surface area contributed by atoms with Crippen molar-refractivity contribution in [2.75, 3.05) is 18.1 Å². The highest BCUT2D eigenvalue weighted by Crippen LogP contribution is 2.31. The first-order valence-corrected chi connectivity index (χ1v) is 4.38. The number of nitrogen functional groups attached to an aromatic ring is 1. The van der Waals surface area contributed by atoms with Crippen LogP contribution in [-0.2, 0) is 0 Å². The van der Waals surface area contributed by atoms with Crippen LogP contribution in [0.5, 0.6) is 5.75 Å². The van der Waals surface area contributed by atoms with Gasteiger partial charge in [-0.05, 0) is 26.0 Å². The van der Waals surface area contributed by atoms with Gasteiger partial charge in [-0.1, -0.05) is 6.07 Å². The van der Waals surface area contributed by atoms with E-state index in [1.54, 1.807) is 0 Å². The van der Waals surface area contributed by atoms with Gasteiger partial charge in [-0.3, -0.25) is 0 Å². The summed E-state index contributed by atoms with van der Waals surface area (Å²) in [5.74, 6) is 0.736. The van der Waals surface area contributed by atoms with Crippen molar-refractivity contribution in [1.29, 1.82) is 0 Å². The normalized spacial score (nSPS) is 10.2. The van der Waals surface area contributed by atoms with E-state index in [2.05, 4.69) is 5.32 Å². The van der Waals surface area contributed by atoms with Gasteiger partial charge in [0.2, 0.25) is 0 Å². The first kappa shape index (κ1) is 9.71. The molecule has 0 radical (unpaired) electrons. The predicted molar refractivity (Wildman–Crippen MR) is 56.2 cm³/mol. The van der Waals surface area contributed by atoms with E-state index in [0.29, 0.717) is 5.69 Å². The van der Waals surface area contributed by atoms with Crippen molar-refractivity contribution in [3.8, 4) is 5.75 Å². The van der Waals surface area contributed by atoms with Gasteiger partial charge in [0.25, 0.3) is 0 Å². The second kappa shape index (κ2) is 4.03. The van der Waals surface area contributed by atoms with Crippen molar-refractivity contribution in [3.63, 3.8) is 0 Å². The number of anilines is 2. The average molecular weight is 180 g/mol. The molecule has 0 saturated carbocycles. The fraction of sp³-hybridized carbons (Fsp3) is 0.400. The van der Waals surface area contributed by atoms with Gasteiger partial charge in [0, 0.05) is 7.05 Å². The third-order valence-corrected chi connectivity index (χ3v) is 1.67. The topological polar surface area (TPSA) is 47.3 Å². The van der Waals surface area contributed by atoms with Gasteiger partial charge in [0.15, 0.2) is 5.75 Å². The average Bonchev–Trinajstić information content (AvgIpc) is 2.08. The number of para-hydroxylation sites is 1. The quantitative estimate of drug-likeness (QED) is 0.700. The number of rotatable bonds is 3. The van der Waals surface area contributed by atoms with Crippen LogP contribution in [0.3, 0.4) is 0 Å². The highest BCUT2D eigenvalue weighted by molar-refractivity contribution is 5.68. The molecule has 3 heteroatoms. The SMILES string of the molecule is CNc1cccc(N)c1OC(C)C. The molecule has 0 saturated heterocycles. The fourth-order valence-electron chi connectivity index (χ4n) is 1.12. The number of benzene rings is 1. The Morgan fingerprint density at radius 3 is 2.62 bits per heavy atom. The summed E-state index contributed by atoms with van der Waals surface area (Å²) < 4.78 is 5.58. The smallest absolute Gasteiger partial charge is 0.165 e. The lowest BCUT2D eigenvalue weighted by Gasteiger charge is -2.15. The molecule has 0 spiro atoms. The Bertz CT molecular complexity index is 284. The first-order chi connectivity index (χ1) is 6.15. The molecule has 3 N–H and O–H groups in total. The molecule has 0 bridgehead atoms. The summed E-state index contributed by atoms with van der Waals surface area (Å²) >= 11 is 0. The maximum Gasteiger partial charge on any atom is 0.165 e. The minimum atomic E-state index is 0.136. The number of hydrogen-bond donors (Lipinski definition) is 2. The third kappa shape index (κ3) is 2.28. The molecule has 13 heavy (non-hydrogen) atoms. The van der Waals surface area contributed by atoms with Crippen LogP contribution in [0.15, 0.2) is 18.2 Å². The molecule has 0 amide bonds. The third-order valence-electron chi connectivity index (χ3n) is 1.67. The van der Waals surface area contributed by atoms with Crippen LogP contribution in [-0.4, -0.2) is 13.2 Å². The summed E-state index contributed by atoms with van der Waals surface area (Å²) in [6.07, 6.45) is 0.136. The second-order valence-electron chi connectivity index (χ2n) is 3.14. The zero-order chi connectivity index (χ0) is 9.84. The predicted octanol–water partition coefficient (Wildman–Crippen LogP) is 2.10. The summed E-state index contributed by atoms with van der Waals surface area (Å²) in [7, 11) is 1.85. The van der Waals surface area contributed by atoms with Crippen LogP contribution in [0, 0.1) is 0 Å². The molecule has 0 atom stereocenters. The summed E-state index contributed by atoms with van der Waals surface area (Å²) in [6.45, 7) is 3.96. The number of hydrogen-bond acceptors (Lipinski definition) is 3. The Labute approximate surface area is 78.9 Å². The van der Waals surface area contributed by atoms with Gasteiger partial charge >= 0.3 is 0 Å². The van der Waals surface area contributed by atoms with E-state index in [1.807, 2.05) is 39.1 Å². The van der Waals surface area contributed by atoms with E-state index in [1.165, 1.54) is 0 Å². The Morgan fingerprint density at radius 1 is 1.38 bits per heavy atom. The number of ether oxygens (including phenoxy) is 1. The van der Waals surface area contributed by atoms with Crippen LogP contribution in [0.25, 0.3) is 0 Å². The lowest BCUT2D eigenvalue weighted by molar-refractivity contribution is 0.245. The van der Waals surface area contributed by atoms with E-state index in [9.17, 15) is 0 Å². The lowest BCUT2D eigenvalue weighted by Crippen LogP contribution is -2.09. The van der Waals surface area contributed by atoms with Gasteiger partial charge < -0.3 is 15.8 Å². The lowest BCUT2D eigenvalue weighted by atomic mass is 10.2. The van der Waals surface area contributed by atoms with Crippen molar-refractivity contribution < 1.29 is 4.74 Å². The Hall–Kier alpha value is -1.38. The molecule has 0 fully saturated rings. The maximum absolute atomic E-state index is 5.78. The van der Waals surface area contributed by atoms with Crippen molar-refractivity contribution >= 4 is 11.4 Å². The highest BCUT2D eigenvalue weighted by Gasteiger charge is 2.07. The van der Waals surface area contributed by atoms with Gasteiger partial charge in [-0.25, -0.2) is 0 Å². The van der Waals surface area contributed by atoms with E-state index < -0.39 is 0 Å². The molecule has 1 aromatic rings. The summed E-state index contributed by atoms with van der Waals surface area (Å²) in [5.41, 5.74) is 7.37. The minimum Gasteiger partial charge on any atom is -0.487 e. The zero-order valence-corrected chi connectivity index (χ0v) is 8.29. The van der Waals surface area contributed by atoms with Crippen molar-refractivity contribution in [2.24, 2.45) is 0 Å². The highest BCUT2D eigenvalue weighted by atomic mass is 16.5. The molecule has 0 aliphatic carbocycles. The van der Waals surface area contributed by atoms with E-state index in [4.69, 9.17) is 10.5 Å². The summed E-state index contributed by atoms with van der Waals surface area (Å²) in [4.78, 5) is 0. The first-order valence-electron chi connectivity index (χ1n) is 4.38. The van der Waals surface area contributed by atoms with Crippen LogP contribution in [0.4, 0.5) is 11.4 Å². The molecular formula is C10H16N2O. The van der Waals surface area contributed by atoms with Crippen LogP contribution < -0.4 is 15.8 Å². The molecule has 72 valence electrons. The van der Waals surface area contributed by atoms with Crippen molar-refractivity contribution in [3.05, 3.63) is 18.2 Å². The fourth-order valence-corrected chi connectivity index (χ4v) is 1.12. The molecule has 0 unspecified atom stereocenters.